The van der Waals surface area contributed by atoms with Crippen LogP contribution in [0.1, 0.15) is 91.2 Å². The Labute approximate surface area is 347 Å². The standard InChI is InChI=1S/C42H46F5N7O5S/c1-40(2,3)58-38(55)51-36-27(16-48)30-24(10-11-28(44)33(30)60-36)29-25(34(46)47)14-26-32(31(29)45)49-37(57-20-42-12-7-13-53(42)17-21(43)15-42)50-35(26)52-18-22-8-9-23(19-52)54(22)39(56)59-41(4,5)6/h10-11,14,21-23,34H,7-9,12-13,15,17-20H2,1-6H3,(H,51,55)/t21-,22?,23?,42+/m1/s1. The Morgan fingerprint density at radius 3 is 2.40 bits per heavy atom. The van der Waals surface area contributed by atoms with Gasteiger partial charge in [0.2, 0.25) is 0 Å². The second-order valence-corrected chi connectivity index (χ2v) is 19.1. The topological polar surface area (TPSA) is 133 Å². The van der Waals surface area contributed by atoms with Gasteiger partial charge in [0.15, 0.2) is 5.82 Å². The SMILES string of the molecule is CC(C)(C)OC(=O)Nc1sc2c(F)ccc(-c3c(C(F)F)cc4c(N5CC6CCC(C5)N6C(=O)OC(C)(C)C)nc(OC[C@@]56CCCN5C[C@H](F)C6)nc4c3F)c2c1C#N. The Kier molecular flexibility index (Phi) is 10.5. The molecule has 320 valence electrons. The van der Waals surface area contributed by atoms with Crippen LogP contribution >= 0.6 is 11.3 Å². The molecule has 2 aromatic heterocycles. The molecule has 0 saturated carbocycles. The molecule has 2 aromatic carbocycles. The number of alkyl halides is 3. The molecule has 60 heavy (non-hydrogen) atoms. The van der Waals surface area contributed by atoms with E-state index in [2.05, 4.69) is 10.3 Å². The molecule has 4 fully saturated rings. The quantitative estimate of drug-likeness (QED) is 0.179. The van der Waals surface area contributed by atoms with Crippen molar-refractivity contribution in [2.45, 2.75) is 115 Å². The fraction of sp³-hybridized carbons (Fsp3) is 0.548. The largest absolute Gasteiger partial charge is 0.461 e. The van der Waals surface area contributed by atoms with Crippen LogP contribution in [0, 0.1) is 23.0 Å². The average Bonchev–Trinajstić information content (AvgIpc) is 3.87. The summed E-state index contributed by atoms with van der Waals surface area (Å²) >= 11 is 0.683. The van der Waals surface area contributed by atoms with Crippen LogP contribution in [0.4, 0.5) is 42.4 Å². The third kappa shape index (κ3) is 7.63. The van der Waals surface area contributed by atoms with Gasteiger partial charge >= 0.3 is 18.2 Å². The highest BCUT2D eigenvalue weighted by molar-refractivity contribution is 7.23. The smallest absolute Gasteiger partial charge is 0.412 e. The lowest BCUT2D eigenvalue weighted by Gasteiger charge is -2.42. The maximum Gasteiger partial charge on any atom is 0.412 e. The number of nitrogens with one attached hydrogen (secondary N) is 1. The molecule has 4 saturated heterocycles. The molecule has 12 nitrogen and oxygen atoms in total. The van der Waals surface area contributed by atoms with Crippen molar-refractivity contribution in [3.63, 3.8) is 0 Å². The summed E-state index contributed by atoms with van der Waals surface area (Å²) in [5.41, 5.74) is -4.52. The highest BCUT2D eigenvalue weighted by Gasteiger charge is 2.50. The van der Waals surface area contributed by atoms with Gasteiger partial charge in [-0.1, -0.05) is 6.07 Å². The number of aromatic nitrogens is 2. The van der Waals surface area contributed by atoms with E-state index in [4.69, 9.17) is 19.2 Å². The van der Waals surface area contributed by atoms with E-state index in [1.807, 2.05) is 15.9 Å². The van der Waals surface area contributed by atoms with Crippen LogP contribution in [-0.2, 0) is 9.47 Å². The van der Waals surface area contributed by atoms with Gasteiger partial charge in [-0.2, -0.15) is 15.2 Å². The molecule has 2 bridgehead atoms. The molecule has 2 amide bonds. The number of halogens is 5. The number of nitriles is 1. The van der Waals surface area contributed by atoms with Crippen LogP contribution in [-0.4, -0.2) is 99.7 Å². The highest BCUT2D eigenvalue weighted by atomic mass is 32.1. The molecule has 0 spiro atoms. The Morgan fingerprint density at radius 1 is 1.05 bits per heavy atom. The Hall–Kier alpha value is -5.02. The first-order chi connectivity index (χ1) is 28.3. The van der Waals surface area contributed by atoms with Crippen molar-refractivity contribution < 1.29 is 45.8 Å². The van der Waals surface area contributed by atoms with E-state index < -0.39 is 64.3 Å². The van der Waals surface area contributed by atoms with Crippen LogP contribution in [0.25, 0.3) is 32.1 Å². The molecule has 18 heteroatoms. The molecule has 4 aliphatic rings. The Balaban J connectivity index is 1.27. The number of hydrogen-bond acceptors (Lipinski definition) is 11. The fourth-order valence-electron chi connectivity index (χ4n) is 9.27. The molecular weight excluding hydrogens is 810 g/mol. The van der Waals surface area contributed by atoms with E-state index in [0.717, 1.165) is 24.6 Å². The van der Waals surface area contributed by atoms with Crippen LogP contribution < -0.4 is 15.0 Å². The number of benzene rings is 2. The highest BCUT2D eigenvalue weighted by Crippen LogP contribution is 2.48. The van der Waals surface area contributed by atoms with E-state index in [9.17, 15) is 19.2 Å². The van der Waals surface area contributed by atoms with Crippen molar-refractivity contribution in [3.8, 4) is 23.2 Å². The van der Waals surface area contributed by atoms with Crippen LogP contribution in [0.2, 0.25) is 0 Å². The first-order valence-corrected chi connectivity index (χ1v) is 20.8. The number of thiophene rings is 1. The zero-order valence-electron chi connectivity index (χ0n) is 34.1. The number of fused-ring (bicyclic) bond motifs is 5. The summed E-state index contributed by atoms with van der Waals surface area (Å²) in [5, 5.41) is 12.4. The Morgan fingerprint density at radius 2 is 1.75 bits per heavy atom. The van der Waals surface area contributed by atoms with Gasteiger partial charge in [0, 0.05) is 48.0 Å². The predicted molar refractivity (Wildman–Crippen MR) is 215 cm³/mol. The lowest BCUT2D eigenvalue weighted by molar-refractivity contribution is 0.0122. The van der Waals surface area contributed by atoms with E-state index in [-0.39, 0.29) is 93.7 Å². The van der Waals surface area contributed by atoms with Gasteiger partial charge in [0.1, 0.15) is 52.2 Å². The molecule has 8 rings (SSSR count). The lowest BCUT2D eigenvalue weighted by Crippen LogP contribution is -2.57. The van der Waals surface area contributed by atoms with E-state index in [1.165, 1.54) is 0 Å². The van der Waals surface area contributed by atoms with Gasteiger partial charge in [-0.15, -0.1) is 11.3 Å². The number of amides is 2. The van der Waals surface area contributed by atoms with Gasteiger partial charge in [-0.25, -0.2) is 31.5 Å². The molecule has 0 radical (unpaired) electrons. The van der Waals surface area contributed by atoms with Crippen LogP contribution in [0.3, 0.4) is 0 Å². The van der Waals surface area contributed by atoms with Crippen molar-refractivity contribution in [1.82, 2.24) is 19.8 Å². The average molecular weight is 856 g/mol. The number of carbonyl (C=O) groups excluding carboxylic acids is 2. The van der Waals surface area contributed by atoms with E-state index in [1.54, 1.807) is 46.4 Å². The van der Waals surface area contributed by atoms with E-state index >= 15 is 17.6 Å². The molecule has 4 atom stereocenters. The summed E-state index contributed by atoms with van der Waals surface area (Å²) in [6, 6.07) is 4.25. The monoisotopic (exact) mass is 855 g/mol. The number of carbonyl (C=O) groups is 2. The molecule has 0 aliphatic carbocycles. The summed E-state index contributed by atoms with van der Waals surface area (Å²) in [6.07, 6.45) is -2.68. The second-order valence-electron chi connectivity index (χ2n) is 18.1. The minimum Gasteiger partial charge on any atom is -0.461 e. The number of piperazine rings is 1. The number of rotatable bonds is 7. The number of ether oxygens (including phenoxy) is 3. The molecule has 6 heterocycles. The summed E-state index contributed by atoms with van der Waals surface area (Å²) in [5.74, 6) is -1.91. The molecule has 4 aliphatic heterocycles. The zero-order valence-corrected chi connectivity index (χ0v) is 35.0. The summed E-state index contributed by atoms with van der Waals surface area (Å²) < 4.78 is 95.7. The minimum absolute atomic E-state index is 0.00603. The minimum atomic E-state index is -3.27. The lowest BCUT2D eigenvalue weighted by atomic mass is 9.93. The van der Waals surface area contributed by atoms with Crippen LogP contribution in [0.15, 0.2) is 18.2 Å². The van der Waals surface area contributed by atoms with Crippen molar-refractivity contribution in [3.05, 3.63) is 41.0 Å². The molecule has 2 unspecified atom stereocenters. The number of nitrogens with zero attached hydrogens (tertiary/aromatic N) is 6. The molecular formula is C42H46F5N7O5S. The van der Waals surface area contributed by atoms with Crippen molar-refractivity contribution in [1.29, 1.82) is 5.26 Å². The van der Waals surface area contributed by atoms with Gasteiger partial charge in [-0.05, 0) is 91.5 Å². The summed E-state index contributed by atoms with van der Waals surface area (Å²) in [7, 11) is 0. The Bertz CT molecular complexity index is 2420. The van der Waals surface area contributed by atoms with E-state index in [0.29, 0.717) is 37.1 Å². The van der Waals surface area contributed by atoms with Crippen molar-refractivity contribution >= 4 is 55.3 Å². The predicted octanol–water partition coefficient (Wildman–Crippen LogP) is 9.49. The van der Waals surface area contributed by atoms with Gasteiger partial charge in [-0.3, -0.25) is 15.1 Å². The van der Waals surface area contributed by atoms with Gasteiger partial charge < -0.3 is 19.1 Å². The third-order valence-corrected chi connectivity index (χ3v) is 12.7. The fourth-order valence-corrected chi connectivity index (χ4v) is 10.3. The van der Waals surface area contributed by atoms with Crippen LogP contribution in [0.5, 0.6) is 6.01 Å². The zero-order chi connectivity index (χ0) is 43.1. The summed E-state index contributed by atoms with van der Waals surface area (Å²) in [6.45, 7) is 11.6. The maximum atomic E-state index is 17.6. The first-order valence-electron chi connectivity index (χ1n) is 20.0. The van der Waals surface area contributed by atoms with Gasteiger partial charge in [0.25, 0.3) is 6.43 Å². The molecule has 4 aromatic rings. The maximum absolute atomic E-state index is 17.6. The number of anilines is 2. The first kappa shape index (κ1) is 41.7. The van der Waals surface area contributed by atoms with Crippen molar-refractivity contribution in [2.75, 3.05) is 43.0 Å². The second kappa shape index (κ2) is 15.2. The molecule has 1 N–H and O–H groups in total. The normalized spacial score (nSPS) is 23.1. The van der Waals surface area contributed by atoms with Gasteiger partial charge in [0.05, 0.1) is 27.9 Å². The third-order valence-electron chi connectivity index (χ3n) is 11.6. The van der Waals surface area contributed by atoms with Crippen molar-refractivity contribution in [2.24, 2.45) is 0 Å². The number of hydrogen-bond donors (Lipinski definition) is 1. The summed E-state index contributed by atoms with van der Waals surface area (Å²) in [4.78, 5) is 40.8.